The van der Waals surface area contributed by atoms with Crippen molar-refractivity contribution in [3.05, 3.63) is 0 Å². The molecule has 6 nitrogen and oxygen atoms in total. The van der Waals surface area contributed by atoms with Gasteiger partial charge >= 0.3 is 0 Å². The Hall–Kier alpha value is -1.14. The Morgan fingerprint density at radius 2 is 2.38 bits per heavy atom. The van der Waals surface area contributed by atoms with Crippen LogP contribution in [0.1, 0.15) is 6.42 Å². The number of hydrogen-bond acceptors (Lipinski definition) is 4. The molecule has 2 unspecified atom stereocenters. The van der Waals surface area contributed by atoms with Crippen LogP contribution in [0.3, 0.4) is 0 Å². The summed E-state index contributed by atoms with van der Waals surface area (Å²) in [6.07, 6.45) is 1.00. The standard InChI is InChI=1S/C10H18N4O2/c1-14-3-2-7(6-14)13-10(16)8-4-12-9(15)5-11-8/h7-8,11H,2-6H2,1H3,(H,12,15)(H,13,16). The quantitative estimate of drug-likeness (QED) is 0.504. The smallest absolute Gasteiger partial charge is 0.239 e. The van der Waals surface area contributed by atoms with Gasteiger partial charge in [0.25, 0.3) is 0 Å². The minimum atomic E-state index is -0.288. The molecule has 0 spiro atoms. The maximum Gasteiger partial charge on any atom is 0.239 e. The second-order valence-electron chi connectivity index (χ2n) is 4.49. The van der Waals surface area contributed by atoms with Gasteiger partial charge in [0.15, 0.2) is 0 Å². The number of likely N-dealkylation sites (N-methyl/N-ethyl adjacent to an activating group) is 1. The van der Waals surface area contributed by atoms with E-state index in [1.165, 1.54) is 0 Å². The van der Waals surface area contributed by atoms with E-state index < -0.39 is 0 Å². The van der Waals surface area contributed by atoms with E-state index in [9.17, 15) is 9.59 Å². The fraction of sp³-hybridized carbons (Fsp3) is 0.800. The average molecular weight is 226 g/mol. The van der Waals surface area contributed by atoms with Crippen LogP contribution in [0.2, 0.25) is 0 Å². The van der Waals surface area contributed by atoms with Crippen LogP contribution in [0, 0.1) is 0 Å². The number of hydrogen-bond donors (Lipinski definition) is 3. The molecule has 0 saturated carbocycles. The highest BCUT2D eigenvalue weighted by molar-refractivity contribution is 5.86. The number of nitrogens with zero attached hydrogens (tertiary/aromatic N) is 1. The number of rotatable bonds is 2. The van der Waals surface area contributed by atoms with E-state index in [2.05, 4.69) is 20.9 Å². The van der Waals surface area contributed by atoms with Crippen molar-refractivity contribution in [2.75, 3.05) is 33.2 Å². The molecule has 2 aliphatic heterocycles. The molecular formula is C10H18N4O2. The van der Waals surface area contributed by atoms with Gasteiger partial charge in [-0.3, -0.25) is 14.9 Å². The van der Waals surface area contributed by atoms with E-state index in [4.69, 9.17) is 0 Å². The number of carbonyl (C=O) groups excluding carboxylic acids is 2. The van der Waals surface area contributed by atoms with Gasteiger partial charge in [-0.05, 0) is 20.0 Å². The SMILES string of the molecule is CN1CCC(NC(=O)C2CNC(=O)CN2)C1. The van der Waals surface area contributed by atoms with Gasteiger partial charge in [-0.1, -0.05) is 0 Å². The lowest BCUT2D eigenvalue weighted by atomic mass is 10.2. The molecule has 0 aliphatic carbocycles. The van der Waals surface area contributed by atoms with Crippen molar-refractivity contribution < 1.29 is 9.59 Å². The first-order valence-corrected chi connectivity index (χ1v) is 5.64. The molecule has 2 atom stereocenters. The van der Waals surface area contributed by atoms with Crippen molar-refractivity contribution in [2.24, 2.45) is 0 Å². The van der Waals surface area contributed by atoms with E-state index in [0.717, 1.165) is 19.5 Å². The molecule has 2 amide bonds. The van der Waals surface area contributed by atoms with Crippen LogP contribution in [0.5, 0.6) is 0 Å². The molecule has 90 valence electrons. The van der Waals surface area contributed by atoms with Gasteiger partial charge in [-0.25, -0.2) is 0 Å². The third-order valence-electron chi connectivity index (χ3n) is 3.07. The molecule has 6 heteroatoms. The summed E-state index contributed by atoms with van der Waals surface area (Å²) in [5.41, 5.74) is 0. The van der Waals surface area contributed by atoms with Crippen LogP contribution in [0.15, 0.2) is 0 Å². The van der Waals surface area contributed by atoms with Crippen LogP contribution in [0.25, 0.3) is 0 Å². The zero-order chi connectivity index (χ0) is 11.5. The molecule has 0 bridgehead atoms. The number of likely N-dealkylation sites (tertiary alicyclic amines) is 1. The van der Waals surface area contributed by atoms with Gasteiger partial charge in [0.2, 0.25) is 11.8 Å². The molecule has 0 aromatic carbocycles. The highest BCUT2D eigenvalue weighted by Crippen LogP contribution is 2.06. The topological polar surface area (TPSA) is 73.5 Å². The van der Waals surface area contributed by atoms with Crippen molar-refractivity contribution in [3.63, 3.8) is 0 Å². The first kappa shape index (κ1) is 11.3. The van der Waals surface area contributed by atoms with Crippen molar-refractivity contribution >= 4 is 11.8 Å². The summed E-state index contributed by atoms with van der Waals surface area (Å²) in [5, 5.41) is 8.59. The second kappa shape index (κ2) is 4.80. The average Bonchev–Trinajstić information content (AvgIpc) is 2.65. The van der Waals surface area contributed by atoms with Gasteiger partial charge in [-0.15, -0.1) is 0 Å². The summed E-state index contributed by atoms with van der Waals surface area (Å²) in [6, 6.07) is -0.0412. The minimum Gasteiger partial charge on any atom is -0.353 e. The summed E-state index contributed by atoms with van der Waals surface area (Å²) in [7, 11) is 2.05. The van der Waals surface area contributed by atoms with Crippen molar-refractivity contribution in [2.45, 2.75) is 18.5 Å². The van der Waals surface area contributed by atoms with Gasteiger partial charge in [-0.2, -0.15) is 0 Å². The highest BCUT2D eigenvalue weighted by atomic mass is 16.2. The molecule has 0 aromatic rings. The number of piperazine rings is 1. The van der Waals surface area contributed by atoms with Gasteiger partial charge < -0.3 is 15.5 Å². The van der Waals surface area contributed by atoms with E-state index in [1.807, 2.05) is 7.05 Å². The summed E-state index contributed by atoms with van der Waals surface area (Å²) in [6.45, 7) is 2.54. The van der Waals surface area contributed by atoms with Crippen LogP contribution >= 0.6 is 0 Å². The number of amides is 2. The molecule has 2 aliphatic rings. The van der Waals surface area contributed by atoms with Crippen LogP contribution in [0.4, 0.5) is 0 Å². The molecular weight excluding hydrogens is 208 g/mol. The first-order chi connectivity index (χ1) is 7.65. The van der Waals surface area contributed by atoms with Crippen molar-refractivity contribution in [1.29, 1.82) is 0 Å². The molecule has 0 radical (unpaired) electrons. The minimum absolute atomic E-state index is 0.0136. The van der Waals surface area contributed by atoms with Crippen LogP contribution < -0.4 is 16.0 Å². The Morgan fingerprint density at radius 1 is 1.56 bits per heavy atom. The molecule has 16 heavy (non-hydrogen) atoms. The maximum atomic E-state index is 11.8. The molecule has 2 rings (SSSR count). The first-order valence-electron chi connectivity index (χ1n) is 5.64. The zero-order valence-corrected chi connectivity index (χ0v) is 9.45. The van der Waals surface area contributed by atoms with Crippen molar-refractivity contribution in [1.82, 2.24) is 20.9 Å². The molecule has 0 aromatic heterocycles. The van der Waals surface area contributed by atoms with E-state index >= 15 is 0 Å². The lowest BCUT2D eigenvalue weighted by molar-refractivity contribution is -0.127. The van der Waals surface area contributed by atoms with Crippen LogP contribution in [-0.4, -0.2) is 62.0 Å². The van der Waals surface area contributed by atoms with Crippen LogP contribution in [-0.2, 0) is 9.59 Å². The van der Waals surface area contributed by atoms with Gasteiger partial charge in [0, 0.05) is 19.1 Å². The Bertz CT molecular complexity index is 285. The summed E-state index contributed by atoms with van der Waals surface area (Å²) < 4.78 is 0. The molecule has 2 fully saturated rings. The number of carbonyl (C=O) groups is 2. The monoisotopic (exact) mass is 226 g/mol. The third-order valence-corrected chi connectivity index (χ3v) is 3.07. The second-order valence-corrected chi connectivity index (χ2v) is 4.49. The molecule has 2 heterocycles. The lowest BCUT2D eigenvalue weighted by Gasteiger charge is -2.24. The summed E-state index contributed by atoms with van der Waals surface area (Å²) in [5.74, 6) is -0.0649. The maximum absolute atomic E-state index is 11.8. The Balaban J connectivity index is 1.77. The zero-order valence-electron chi connectivity index (χ0n) is 9.45. The Labute approximate surface area is 94.7 Å². The molecule has 3 N–H and O–H groups in total. The summed E-state index contributed by atoms with van der Waals surface area (Å²) >= 11 is 0. The van der Waals surface area contributed by atoms with Gasteiger partial charge in [0.1, 0.15) is 6.04 Å². The Kier molecular flexibility index (Phi) is 3.40. The normalized spacial score (nSPS) is 31.2. The highest BCUT2D eigenvalue weighted by Gasteiger charge is 2.27. The third kappa shape index (κ3) is 2.70. The predicted molar refractivity (Wildman–Crippen MR) is 58.8 cm³/mol. The predicted octanol–water partition coefficient (Wildman–Crippen LogP) is -2.11. The van der Waals surface area contributed by atoms with Crippen molar-refractivity contribution in [3.8, 4) is 0 Å². The number of nitrogens with one attached hydrogen (secondary N) is 3. The van der Waals surface area contributed by atoms with E-state index in [0.29, 0.717) is 6.54 Å². The Morgan fingerprint density at radius 3 is 2.94 bits per heavy atom. The fourth-order valence-corrected chi connectivity index (χ4v) is 2.11. The van der Waals surface area contributed by atoms with E-state index in [-0.39, 0.29) is 30.4 Å². The molecule has 2 saturated heterocycles. The summed E-state index contributed by atoms with van der Waals surface area (Å²) in [4.78, 5) is 24.9. The lowest BCUT2D eigenvalue weighted by Crippen LogP contribution is -2.59. The fourth-order valence-electron chi connectivity index (χ4n) is 2.11. The largest absolute Gasteiger partial charge is 0.353 e. The van der Waals surface area contributed by atoms with Gasteiger partial charge in [0.05, 0.1) is 6.54 Å². The van der Waals surface area contributed by atoms with E-state index in [1.54, 1.807) is 0 Å².